The number of halogens is 1. The molecule has 0 radical (unpaired) electrons. The maximum Gasteiger partial charge on any atom is 0.248 e. The number of hydrogen-bond acceptors (Lipinski definition) is 5. The molecule has 0 atom stereocenters. The van der Waals surface area contributed by atoms with Crippen LogP contribution in [0.1, 0.15) is 11.5 Å². The van der Waals surface area contributed by atoms with E-state index < -0.39 is 0 Å². The van der Waals surface area contributed by atoms with Crippen LogP contribution in [0.25, 0.3) is 11.5 Å². The van der Waals surface area contributed by atoms with Crippen LogP contribution in [-0.2, 0) is 20.1 Å². The summed E-state index contributed by atoms with van der Waals surface area (Å²) in [6.45, 7) is 1.23. The van der Waals surface area contributed by atoms with E-state index in [1.165, 1.54) is 0 Å². The number of rotatable bonds is 5. The Hall–Kier alpha value is -1.99. The van der Waals surface area contributed by atoms with E-state index >= 15 is 0 Å². The van der Waals surface area contributed by atoms with E-state index in [0.717, 1.165) is 15.6 Å². The molecule has 7 heteroatoms. The van der Waals surface area contributed by atoms with Gasteiger partial charge in [0.2, 0.25) is 11.8 Å². The highest BCUT2D eigenvalue weighted by atomic mass is 79.9. The van der Waals surface area contributed by atoms with E-state index in [2.05, 4.69) is 36.5 Å². The van der Waals surface area contributed by atoms with Gasteiger partial charge in [-0.1, -0.05) is 12.1 Å². The molecule has 3 rings (SSSR count). The Kier molecular flexibility index (Phi) is 4.12. The van der Waals surface area contributed by atoms with Crippen LogP contribution in [0, 0.1) is 0 Å². The molecule has 1 N–H and O–H groups in total. The largest absolute Gasteiger partial charge is 0.419 e. The van der Waals surface area contributed by atoms with E-state index in [0.29, 0.717) is 24.9 Å². The first kappa shape index (κ1) is 14.0. The van der Waals surface area contributed by atoms with Gasteiger partial charge in [0.25, 0.3) is 0 Å². The van der Waals surface area contributed by atoms with Crippen LogP contribution in [0.2, 0.25) is 0 Å². The molecule has 3 aromatic rings. The van der Waals surface area contributed by atoms with Crippen LogP contribution in [0.15, 0.2) is 45.5 Å². The topological polar surface area (TPSA) is 68.8 Å². The molecule has 2 aromatic heterocycles. The predicted octanol–water partition coefficient (Wildman–Crippen LogP) is 2.52. The number of nitrogens with one attached hydrogen (secondary N) is 1. The van der Waals surface area contributed by atoms with Crippen LogP contribution in [0.5, 0.6) is 0 Å². The zero-order chi connectivity index (χ0) is 14.7. The molecule has 0 fully saturated rings. The van der Waals surface area contributed by atoms with Crippen LogP contribution in [0.3, 0.4) is 0 Å². The monoisotopic (exact) mass is 347 g/mol. The average molecular weight is 348 g/mol. The van der Waals surface area contributed by atoms with Gasteiger partial charge in [0.15, 0.2) is 0 Å². The highest BCUT2D eigenvalue weighted by molar-refractivity contribution is 9.10. The summed E-state index contributed by atoms with van der Waals surface area (Å²) in [4.78, 5) is 0. The van der Waals surface area contributed by atoms with Gasteiger partial charge in [-0.3, -0.25) is 4.68 Å². The lowest BCUT2D eigenvalue weighted by Gasteiger charge is -1.99. The summed E-state index contributed by atoms with van der Waals surface area (Å²) < 4.78 is 8.36. The maximum absolute atomic E-state index is 5.66. The molecule has 6 nitrogen and oxygen atoms in total. The van der Waals surface area contributed by atoms with Crippen molar-refractivity contribution in [2.75, 3.05) is 0 Å². The standard InChI is InChI=1S/C14H14BrN5O/c1-20-9-10(7-17-20)6-16-8-13-18-19-14(21-13)11-4-2-3-5-12(11)15/h2-5,7,9,16H,6,8H2,1H3. The first-order valence-electron chi connectivity index (χ1n) is 6.48. The van der Waals surface area contributed by atoms with Gasteiger partial charge in [-0.25, -0.2) is 0 Å². The number of nitrogens with zero attached hydrogens (tertiary/aromatic N) is 4. The van der Waals surface area contributed by atoms with Gasteiger partial charge >= 0.3 is 0 Å². The fraction of sp³-hybridized carbons (Fsp3) is 0.214. The van der Waals surface area contributed by atoms with Gasteiger partial charge in [-0.05, 0) is 28.1 Å². The highest BCUT2D eigenvalue weighted by Crippen LogP contribution is 2.26. The van der Waals surface area contributed by atoms with Gasteiger partial charge in [0, 0.05) is 29.8 Å². The van der Waals surface area contributed by atoms with Crippen molar-refractivity contribution in [3.63, 3.8) is 0 Å². The third-order valence-corrected chi connectivity index (χ3v) is 3.63. The van der Waals surface area contributed by atoms with Crippen LogP contribution >= 0.6 is 15.9 Å². The lowest BCUT2D eigenvalue weighted by molar-refractivity contribution is 0.477. The minimum absolute atomic E-state index is 0.514. The maximum atomic E-state index is 5.66. The Bertz CT molecular complexity index is 736. The molecule has 0 aliphatic heterocycles. The molecule has 0 aliphatic carbocycles. The Balaban J connectivity index is 1.62. The van der Waals surface area contributed by atoms with Crippen molar-refractivity contribution in [1.29, 1.82) is 0 Å². The van der Waals surface area contributed by atoms with Crippen molar-refractivity contribution < 1.29 is 4.42 Å². The second-order valence-electron chi connectivity index (χ2n) is 4.61. The Morgan fingerprint density at radius 3 is 2.86 bits per heavy atom. The summed E-state index contributed by atoms with van der Waals surface area (Å²) in [5.74, 6) is 1.07. The molecule has 108 valence electrons. The second-order valence-corrected chi connectivity index (χ2v) is 5.46. The smallest absolute Gasteiger partial charge is 0.248 e. The Morgan fingerprint density at radius 1 is 1.24 bits per heavy atom. The summed E-state index contributed by atoms with van der Waals surface area (Å²) in [5, 5.41) is 15.5. The highest BCUT2D eigenvalue weighted by Gasteiger charge is 2.10. The van der Waals surface area contributed by atoms with Crippen LogP contribution in [-0.4, -0.2) is 20.0 Å². The van der Waals surface area contributed by atoms with Crippen LogP contribution in [0.4, 0.5) is 0 Å². The first-order valence-corrected chi connectivity index (χ1v) is 7.27. The van der Waals surface area contributed by atoms with Gasteiger partial charge < -0.3 is 9.73 Å². The first-order chi connectivity index (χ1) is 10.2. The molecule has 0 bridgehead atoms. The molecule has 0 unspecified atom stereocenters. The third kappa shape index (κ3) is 3.37. The third-order valence-electron chi connectivity index (χ3n) is 2.93. The average Bonchev–Trinajstić information content (AvgIpc) is 3.09. The number of benzene rings is 1. The molecular weight excluding hydrogens is 334 g/mol. The normalized spacial score (nSPS) is 11.0. The van der Waals surface area contributed by atoms with Crippen molar-refractivity contribution >= 4 is 15.9 Å². The molecule has 0 saturated heterocycles. The van der Waals surface area contributed by atoms with E-state index in [9.17, 15) is 0 Å². The van der Waals surface area contributed by atoms with Crippen molar-refractivity contribution in [3.05, 3.63) is 52.6 Å². The fourth-order valence-electron chi connectivity index (χ4n) is 1.95. The van der Waals surface area contributed by atoms with Gasteiger partial charge in [0.05, 0.1) is 18.3 Å². The fourth-order valence-corrected chi connectivity index (χ4v) is 2.40. The Morgan fingerprint density at radius 2 is 2.10 bits per heavy atom. The van der Waals surface area contributed by atoms with Crippen molar-refractivity contribution in [2.45, 2.75) is 13.1 Å². The van der Waals surface area contributed by atoms with E-state index in [4.69, 9.17) is 4.42 Å². The molecule has 0 saturated carbocycles. The van der Waals surface area contributed by atoms with Crippen molar-refractivity contribution in [1.82, 2.24) is 25.3 Å². The quantitative estimate of drug-likeness (QED) is 0.767. The molecule has 0 aliphatic rings. The number of aromatic nitrogens is 4. The van der Waals surface area contributed by atoms with E-state index in [-0.39, 0.29) is 0 Å². The molecule has 2 heterocycles. The van der Waals surface area contributed by atoms with E-state index in [1.54, 1.807) is 4.68 Å². The van der Waals surface area contributed by atoms with Gasteiger partial charge in [-0.2, -0.15) is 5.10 Å². The zero-order valence-electron chi connectivity index (χ0n) is 11.5. The summed E-state index contributed by atoms with van der Waals surface area (Å²) >= 11 is 3.48. The lowest BCUT2D eigenvalue weighted by Crippen LogP contribution is -2.12. The summed E-state index contributed by atoms with van der Waals surface area (Å²) in [5.41, 5.74) is 2.01. The number of aryl methyl sites for hydroxylation is 1. The molecule has 0 spiro atoms. The van der Waals surface area contributed by atoms with Gasteiger partial charge in [0.1, 0.15) is 0 Å². The minimum Gasteiger partial charge on any atom is -0.419 e. The summed E-state index contributed by atoms with van der Waals surface area (Å²) in [7, 11) is 1.89. The molecule has 0 amide bonds. The molecular formula is C14H14BrN5O. The number of hydrogen-bond donors (Lipinski definition) is 1. The minimum atomic E-state index is 0.514. The zero-order valence-corrected chi connectivity index (χ0v) is 13.0. The second kappa shape index (κ2) is 6.19. The van der Waals surface area contributed by atoms with Crippen molar-refractivity contribution in [3.8, 4) is 11.5 Å². The SMILES string of the molecule is Cn1cc(CNCc2nnc(-c3ccccc3Br)o2)cn1. The molecule has 1 aromatic carbocycles. The van der Waals surface area contributed by atoms with Crippen molar-refractivity contribution in [2.24, 2.45) is 7.05 Å². The van der Waals surface area contributed by atoms with Crippen LogP contribution < -0.4 is 5.32 Å². The van der Waals surface area contributed by atoms with Gasteiger partial charge in [-0.15, -0.1) is 10.2 Å². The predicted molar refractivity (Wildman–Crippen MR) is 81.2 cm³/mol. The molecule has 21 heavy (non-hydrogen) atoms. The summed E-state index contributed by atoms with van der Waals surface area (Å²) in [6.07, 6.45) is 3.79. The van der Waals surface area contributed by atoms with E-state index in [1.807, 2.05) is 43.7 Å². The Labute approximate surface area is 130 Å². The summed E-state index contributed by atoms with van der Waals surface area (Å²) in [6, 6.07) is 7.76. The lowest BCUT2D eigenvalue weighted by atomic mass is 10.2.